The van der Waals surface area contributed by atoms with Crippen molar-refractivity contribution in [1.29, 1.82) is 0 Å². The molecule has 66 valence electrons. The van der Waals surface area contributed by atoms with Crippen molar-refractivity contribution in [3.63, 3.8) is 0 Å². The molecule has 0 radical (unpaired) electrons. The van der Waals surface area contributed by atoms with Crippen molar-refractivity contribution in [1.82, 2.24) is 15.0 Å². The number of hydrogen-bond donors (Lipinski definition) is 2. The van der Waals surface area contributed by atoms with Gasteiger partial charge in [0.05, 0.1) is 5.69 Å². The largest absolute Gasteiger partial charge is 0.476 e. The summed E-state index contributed by atoms with van der Waals surface area (Å²) in [7, 11) is 1.64. The van der Waals surface area contributed by atoms with Crippen LogP contribution in [0.15, 0.2) is 0 Å². The van der Waals surface area contributed by atoms with Crippen molar-refractivity contribution in [2.75, 3.05) is 6.54 Å². The molecule has 1 rings (SSSR count). The molecule has 0 unspecified atom stereocenters. The Kier molecular flexibility index (Phi) is 2.39. The average Bonchev–Trinajstić information content (AvgIpc) is 2.34. The summed E-state index contributed by atoms with van der Waals surface area (Å²) in [6, 6.07) is 0. The van der Waals surface area contributed by atoms with Crippen LogP contribution in [0.4, 0.5) is 0 Å². The van der Waals surface area contributed by atoms with Gasteiger partial charge in [-0.2, -0.15) is 0 Å². The highest BCUT2D eigenvalue weighted by Crippen LogP contribution is 2.03. The Labute approximate surface area is 69.0 Å². The van der Waals surface area contributed by atoms with E-state index in [0.717, 1.165) is 0 Å². The van der Waals surface area contributed by atoms with Gasteiger partial charge in [0.1, 0.15) is 0 Å². The minimum Gasteiger partial charge on any atom is -0.476 e. The van der Waals surface area contributed by atoms with Crippen LogP contribution in [0.3, 0.4) is 0 Å². The number of carboxylic acids is 1. The molecule has 6 nitrogen and oxygen atoms in total. The van der Waals surface area contributed by atoms with E-state index in [1.54, 1.807) is 7.05 Å². The lowest BCUT2D eigenvalue weighted by molar-refractivity contribution is 0.0689. The van der Waals surface area contributed by atoms with Crippen molar-refractivity contribution in [3.05, 3.63) is 11.4 Å². The molecule has 0 aromatic carbocycles. The number of aryl methyl sites for hydroxylation is 1. The van der Waals surface area contributed by atoms with Gasteiger partial charge in [0.2, 0.25) is 0 Å². The molecule has 0 spiro atoms. The third kappa shape index (κ3) is 1.42. The van der Waals surface area contributed by atoms with Gasteiger partial charge in [-0.25, -0.2) is 4.79 Å². The smallest absolute Gasteiger partial charge is 0.358 e. The Balaban J connectivity index is 3.03. The van der Waals surface area contributed by atoms with E-state index >= 15 is 0 Å². The third-order valence-corrected chi connectivity index (χ3v) is 1.53. The summed E-state index contributed by atoms with van der Waals surface area (Å²) in [6.07, 6.45) is 0.477. The highest BCUT2D eigenvalue weighted by Gasteiger charge is 2.15. The fourth-order valence-electron chi connectivity index (χ4n) is 0.960. The first-order valence-electron chi connectivity index (χ1n) is 3.48. The van der Waals surface area contributed by atoms with E-state index in [1.807, 2.05) is 0 Å². The Morgan fingerprint density at radius 2 is 2.42 bits per heavy atom. The van der Waals surface area contributed by atoms with Crippen molar-refractivity contribution in [3.8, 4) is 0 Å². The number of carbonyl (C=O) groups is 1. The fraction of sp³-hybridized carbons (Fsp3) is 0.500. The van der Waals surface area contributed by atoms with Gasteiger partial charge in [-0.1, -0.05) is 5.21 Å². The summed E-state index contributed by atoms with van der Waals surface area (Å²) in [6.45, 7) is 0.390. The van der Waals surface area contributed by atoms with Crippen molar-refractivity contribution < 1.29 is 9.90 Å². The van der Waals surface area contributed by atoms with Gasteiger partial charge in [0.15, 0.2) is 5.69 Å². The van der Waals surface area contributed by atoms with Gasteiger partial charge in [-0.05, 0) is 6.54 Å². The number of carboxylic acid groups (broad SMARTS) is 1. The number of hydrogen-bond acceptors (Lipinski definition) is 4. The first kappa shape index (κ1) is 8.66. The van der Waals surface area contributed by atoms with E-state index < -0.39 is 5.97 Å². The average molecular weight is 170 g/mol. The topological polar surface area (TPSA) is 94.0 Å². The number of aromatic nitrogens is 3. The maximum Gasteiger partial charge on any atom is 0.358 e. The van der Waals surface area contributed by atoms with E-state index in [2.05, 4.69) is 10.3 Å². The van der Waals surface area contributed by atoms with Crippen LogP contribution in [0.5, 0.6) is 0 Å². The van der Waals surface area contributed by atoms with Crippen molar-refractivity contribution >= 4 is 5.97 Å². The van der Waals surface area contributed by atoms with Gasteiger partial charge in [0.25, 0.3) is 0 Å². The lowest BCUT2D eigenvalue weighted by Crippen LogP contribution is -2.11. The summed E-state index contributed by atoms with van der Waals surface area (Å²) in [5.41, 5.74) is 5.84. The highest BCUT2D eigenvalue weighted by atomic mass is 16.4. The molecule has 1 aromatic heterocycles. The third-order valence-electron chi connectivity index (χ3n) is 1.53. The zero-order chi connectivity index (χ0) is 9.14. The van der Waals surface area contributed by atoms with Crippen LogP contribution in [0, 0.1) is 0 Å². The molecule has 0 fully saturated rings. The molecule has 0 aliphatic rings. The molecular weight excluding hydrogens is 160 g/mol. The van der Waals surface area contributed by atoms with Crippen LogP contribution >= 0.6 is 0 Å². The Morgan fingerprint density at radius 1 is 1.75 bits per heavy atom. The summed E-state index contributed by atoms with van der Waals surface area (Å²) >= 11 is 0. The SMILES string of the molecule is Cn1nnc(C(=O)O)c1CCN. The summed E-state index contributed by atoms with van der Waals surface area (Å²) in [5.74, 6) is -1.06. The van der Waals surface area contributed by atoms with Crippen LogP contribution in [0.2, 0.25) is 0 Å². The Bertz CT molecular complexity index is 294. The molecule has 0 atom stereocenters. The fourth-order valence-corrected chi connectivity index (χ4v) is 0.960. The van der Waals surface area contributed by atoms with E-state index in [4.69, 9.17) is 10.8 Å². The molecule has 0 saturated carbocycles. The van der Waals surface area contributed by atoms with E-state index in [1.165, 1.54) is 4.68 Å². The maximum absolute atomic E-state index is 10.6. The first-order valence-corrected chi connectivity index (χ1v) is 3.48. The second-order valence-electron chi connectivity index (χ2n) is 2.35. The second-order valence-corrected chi connectivity index (χ2v) is 2.35. The van der Waals surface area contributed by atoms with Crippen LogP contribution in [-0.2, 0) is 13.5 Å². The van der Waals surface area contributed by atoms with E-state index in [-0.39, 0.29) is 5.69 Å². The number of rotatable bonds is 3. The van der Waals surface area contributed by atoms with Crippen LogP contribution in [-0.4, -0.2) is 32.6 Å². The monoisotopic (exact) mass is 170 g/mol. The quantitative estimate of drug-likeness (QED) is 0.607. The Hall–Kier alpha value is -1.43. The summed E-state index contributed by atoms with van der Waals surface area (Å²) in [5, 5.41) is 15.7. The number of nitrogens with two attached hydrogens (primary N) is 1. The molecule has 0 bridgehead atoms. The van der Waals surface area contributed by atoms with Crippen LogP contribution < -0.4 is 5.73 Å². The summed E-state index contributed by atoms with van der Waals surface area (Å²) < 4.78 is 1.43. The molecule has 0 aliphatic carbocycles. The molecule has 0 saturated heterocycles. The van der Waals surface area contributed by atoms with Gasteiger partial charge in [0, 0.05) is 13.5 Å². The molecule has 3 N–H and O–H groups in total. The Morgan fingerprint density at radius 3 is 2.92 bits per heavy atom. The van der Waals surface area contributed by atoms with Gasteiger partial charge in [-0.3, -0.25) is 4.68 Å². The van der Waals surface area contributed by atoms with Gasteiger partial charge >= 0.3 is 5.97 Å². The minimum absolute atomic E-state index is 0.0112. The zero-order valence-corrected chi connectivity index (χ0v) is 6.69. The standard InChI is InChI=1S/C6H10N4O2/c1-10-4(2-3-7)5(6(11)12)8-9-10/h2-3,7H2,1H3,(H,11,12). The molecule has 1 aromatic rings. The zero-order valence-electron chi connectivity index (χ0n) is 6.69. The highest BCUT2D eigenvalue weighted by molar-refractivity contribution is 5.86. The lowest BCUT2D eigenvalue weighted by atomic mass is 10.2. The van der Waals surface area contributed by atoms with Crippen molar-refractivity contribution in [2.24, 2.45) is 12.8 Å². The van der Waals surface area contributed by atoms with Crippen LogP contribution in [0.1, 0.15) is 16.2 Å². The predicted molar refractivity (Wildman–Crippen MR) is 40.7 cm³/mol. The van der Waals surface area contributed by atoms with Crippen molar-refractivity contribution in [2.45, 2.75) is 6.42 Å². The number of aromatic carboxylic acids is 1. The predicted octanol–water partition coefficient (Wildman–Crippen LogP) is -0.985. The molecule has 0 amide bonds. The normalized spacial score (nSPS) is 10.2. The van der Waals surface area contributed by atoms with E-state index in [0.29, 0.717) is 18.7 Å². The number of nitrogens with zero attached hydrogens (tertiary/aromatic N) is 3. The molecule has 6 heteroatoms. The minimum atomic E-state index is -1.06. The molecular formula is C6H10N4O2. The lowest BCUT2D eigenvalue weighted by Gasteiger charge is -1.97. The van der Waals surface area contributed by atoms with E-state index in [9.17, 15) is 4.79 Å². The molecule has 12 heavy (non-hydrogen) atoms. The van der Waals surface area contributed by atoms with Gasteiger partial charge < -0.3 is 10.8 Å². The first-order chi connectivity index (χ1) is 5.66. The maximum atomic E-state index is 10.6. The summed E-state index contributed by atoms with van der Waals surface area (Å²) in [4.78, 5) is 10.6. The molecule has 1 heterocycles. The van der Waals surface area contributed by atoms with Gasteiger partial charge in [-0.15, -0.1) is 5.10 Å². The second kappa shape index (κ2) is 3.31. The molecule has 0 aliphatic heterocycles. The van der Waals surface area contributed by atoms with Crippen LogP contribution in [0.25, 0.3) is 0 Å².